The minimum absolute atomic E-state index is 0.0193. The van der Waals surface area contributed by atoms with Crippen molar-refractivity contribution in [3.8, 4) is 5.75 Å². The van der Waals surface area contributed by atoms with E-state index < -0.39 is 0 Å². The summed E-state index contributed by atoms with van der Waals surface area (Å²) in [7, 11) is 0. The van der Waals surface area contributed by atoms with E-state index in [1.54, 1.807) is 6.08 Å². The van der Waals surface area contributed by atoms with Crippen molar-refractivity contribution in [2.75, 3.05) is 38.6 Å². The summed E-state index contributed by atoms with van der Waals surface area (Å²) in [6.45, 7) is 4.42. The van der Waals surface area contributed by atoms with Crippen molar-refractivity contribution >= 4 is 11.3 Å². The number of halogens is 1. The van der Waals surface area contributed by atoms with Crippen molar-refractivity contribution < 1.29 is 14.2 Å². The first-order chi connectivity index (χ1) is 17.1. The van der Waals surface area contributed by atoms with Crippen LogP contribution in [0.2, 0.25) is 0 Å². The number of ether oxygens (including phenoxy) is 1. The van der Waals surface area contributed by atoms with Crippen LogP contribution >= 0.6 is 0 Å². The van der Waals surface area contributed by atoms with Gasteiger partial charge in [0.2, 0.25) is 0 Å². The number of nitrogen functional groups attached to an aromatic ring is 1. The molecule has 2 aromatic rings. The number of aliphatic hydroxyl groups is 1. The topological polar surface area (TPSA) is 58.7 Å². The van der Waals surface area contributed by atoms with E-state index in [0.29, 0.717) is 6.42 Å². The molecule has 0 spiro atoms. The zero-order valence-electron chi connectivity index (χ0n) is 20.7. The number of hydrogen-bond acceptors (Lipinski definition) is 4. The van der Waals surface area contributed by atoms with E-state index >= 15 is 0 Å². The zero-order chi connectivity index (χ0) is 24.6. The van der Waals surface area contributed by atoms with Gasteiger partial charge in [-0.1, -0.05) is 36.4 Å². The van der Waals surface area contributed by atoms with Gasteiger partial charge in [-0.15, -0.1) is 0 Å². The summed E-state index contributed by atoms with van der Waals surface area (Å²) in [4.78, 5) is 2.28. The SMILES string of the molecule is C/C=C(\C=C/CO)C1=C(c2ccc(OC3CCN(CCCF)C3)cc2)c2ccc(N)cc2CCC1. The van der Waals surface area contributed by atoms with Gasteiger partial charge in [0.1, 0.15) is 11.9 Å². The lowest BCUT2D eigenvalue weighted by atomic mass is 9.87. The fourth-order valence-electron chi connectivity index (χ4n) is 5.25. The van der Waals surface area contributed by atoms with Crippen molar-refractivity contribution in [3.05, 3.63) is 88.5 Å². The van der Waals surface area contributed by atoms with E-state index in [1.165, 1.54) is 22.3 Å². The average Bonchev–Trinajstić information content (AvgIpc) is 3.23. The Kier molecular flexibility index (Phi) is 8.78. The van der Waals surface area contributed by atoms with E-state index in [-0.39, 0.29) is 19.4 Å². The van der Waals surface area contributed by atoms with Gasteiger partial charge in [-0.25, -0.2) is 0 Å². The van der Waals surface area contributed by atoms with Crippen LogP contribution in [-0.4, -0.2) is 49.0 Å². The summed E-state index contributed by atoms with van der Waals surface area (Å²) < 4.78 is 18.8. The van der Waals surface area contributed by atoms with Gasteiger partial charge in [0.05, 0.1) is 13.3 Å². The van der Waals surface area contributed by atoms with Crippen LogP contribution in [0.15, 0.2) is 71.8 Å². The van der Waals surface area contributed by atoms with Crippen LogP contribution < -0.4 is 10.5 Å². The monoisotopic (exact) mass is 476 g/mol. The molecular formula is C30H37FN2O2. The van der Waals surface area contributed by atoms with Crippen LogP contribution in [-0.2, 0) is 6.42 Å². The minimum Gasteiger partial charge on any atom is -0.489 e. The van der Waals surface area contributed by atoms with Gasteiger partial charge in [0.25, 0.3) is 0 Å². The van der Waals surface area contributed by atoms with E-state index in [2.05, 4.69) is 47.4 Å². The lowest BCUT2D eigenvalue weighted by Crippen LogP contribution is -2.26. The summed E-state index contributed by atoms with van der Waals surface area (Å²) in [6.07, 6.45) is 10.6. The lowest BCUT2D eigenvalue weighted by molar-refractivity contribution is 0.198. The van der Waals surface area contributed by atoms with Gasteiger partial charge >= 0.3 is 0 Å². The molecule has 3 N–H and O–H groups in total. The molecule has 4 nitrogen and oxygen atoms in total. The molecule has 1 saturated heterocycles. The fourth-order valence-corrected chi connectivity index (χ4v) is 5.25. The highest BCUT2D eigenvalue weighted by Crippen LogP contribution is 2.39. The summed E-state index contributed by atoms with van der Waals surface area (Å²) in [6, 6.07) is 14.6. The maximum Gasteiger partial charge on any atom is 0.119 e. The number of nitrogens with zero attached hydrogens (tertiary/aromatic N) is 1. The molecule has 35 heavy (non-hydrogen) atoms. The number of nitrogens with two attached hydrogens (primary N) is 1. The highest BCUT2D eigenvalue weighted by molar-refractivity contribution is 5.87. The summed E-state index contributed by atoms with van der Waals surface area (Å²) in [5, 5.41) is 9.36. The van der Waals surface area contributed by atoms with Crippen molar-refractivity contribution in [2.24, 2.45) is 0 Å². The molecule has 0 amide bonds. The van der Waals surface area contributed by atoms with Crippen molar-refractivity contribution in [3.63, 3.8) is 0 Å². The lowest BCUT2D eigenvalue weighted by Gasteiger charge is -2.19. The van der Waals surface area contributed by atoms with Gasteiger partial charge < -0.3 is 15.6 Å². The standard InChI is InChI=1S/C30H37FN2O2/c1-2-22(7-4-19-34)28-8-3-6-24-20-25(32)11-14-29(24)30(28)23-9-12-26(13-10-23)35-27-15-18-33(21-27)17-5-16-31/h2,4,7,9-14,20,27,34H,3,5-6,8,15-19,21,32H2,1H3/b7-4-,22-2+. The second kappa shape index (κ2) is 12.2. The first kappa shape index (κ1) is 25.2. The van der Waals surface area contributed by atoms with E-state index in [0.717, 1.165) is 67.9 Å². The number of benzene rings is 2. The summed E-state index contributed by atoms with van der Waals surface area (Å²) in [5.74, 6) is 0.867. The molecule has 0 radical (unpaired) electrons. The largest absolute Gasteiger partial charge is 0.489 e. The second-order valence-corrected chi connectivity index (χ2v) is 9.35. The number of alkyl halides is 1. The third-order valence-electron chi connectivity index (χ3n) is 6.92. The van der Waals surface area contributed by atoms with Gasteiger partial charge in [0, 0.05) is 25.3 Å². The minimum atomic E-state index is -0.262. The smallest absolute Gasteiger partial charge is 0.119 e. The highest BCUT2D eigenvalue weighted by Gasteiger charge is 2.24. The number of hydrogen-bond donors (Lipinski definition) is 2. The van der Waals surface area contributed by atoms with Crippen molar-refractivity contribution in [1.29, 1.82) is 0 Å². The molecule has 0 aromatic heterocycles. The van der Waals surface area contributed by atoms with E-state index in [1.807, 2.05) is 19.1 Å². The zero-order valence-corrected chi connectivity index (χ0v) is 20.7. The highest BCUT2D eigenvalue weighted by atomic mass is 19.1. The molecule has 1 aliphatic carbocycles. The molecule has 4 rings (SSSR count). The Labute approximate surface area is 208 Å². The van der Waals surface area contributed by atoms with Crippen LogP contribution in [0.1, 0.15) is 49.3 Å². The molecule has 1 unspecified atom stereocenters. The van der Waals surface area contributed by atoms with Gasteiger partial charge in [-0.2, -0.15) is 0 Å². The quantitative estimate of drug-likeness (QED) is 0.359. The summed E-state index contributed by atoms with van der Waals surface area (Å²) >= 11 is 0. The molecule has 5 heteroatoms. The molecule has 1 fully saturated rings. The molecule has 1 heterocycles. The normalized spacial score (nSPS) is 19.3. The van der Waals surface area contributed by atoms with Crippen LogP contribution in [0, 0.1) is 0 Å². The number of fused-ring (bicyclic) bond motifs is 1. The molecule has 0 saturated carbocycles. The average molecular weight is 477 g/mol. The third-order valence-corrected chi connectivity index (χ3v) is 6.92. The van der Waals surface area contributed by atoms with Crippen LogP contribution in [0.5, 0.6) is 5.75 Å². The second-order valence-electron chi connectivity index (χ2n) is 9.35. The molecule has 1 atom stereocenters. The Morgan fingerprint density at radius 3 is 2.77 bits per heavy atom. The Hall–Kier alpha value is -2.89. The Bertz CT molecular complexity index is 1090. The molecule has 2 aliphatic rings. The maximum absolute atomic E-state index is 12.5. The number of rotatable bonds is 9. The molecular weight excluding hydrogens is 439 g/mol. The summed E-state index contributed by atoms with van der Waals surface area (Å²) in [5.41, 5.74) is 14.2. The Morgan fingerprint density at radius 1 is 1.20 bits per heavy atom. The van der Waals surface area contributed by atoms with Crippen LogP contribution in [0.3, 0.4) is 0 Å². The van der Waals surface area contributed by atoms with Gasteiger partial charge in [-0.05, 0) is 96.7 Å². The predicted octanol–water partition coefficient (Wildman–Crippen LogP) is 5.71. The van der Waals surface area contributed by atoms with E-state index in [4.69, 9.17) is 10.5 Å². The molecule has 0 bridgehead atoms. The first-order valence-electron chi connectivity index (χ1n) is 12.7. The predicted molar refractivity (Wildman–Crippen MR) is 142 cm³/mol. The van der Waals surface area contributed by atoms with Gasteiger partial charge in [0.15, 0.2) is 0 Å². The molecule has 2 aromatic carbocycles. The van der Waals surface area contributed by atoms with Gasteiger partial charge in [-0.3, -0.25) is 9.29 Å². The first-order valence-corrected chi connectivity index (χ1v) is 12.7. The number of aliphatic hydroxyl groups excluding tert-OH is 1. The Balaban J connectivity index is 1.64. The fraction of sp³-hybridized carbons (Fsp3) is 0.400. The number of allylic oxidation sites excluding steroid dienone is 4. The number of anilines is 1. The maximum atomic E-state index is 12.5. The molecule has 1 aliphatic heterocycles. The molecule has 186 valence electrons. The Morgan fingerprint density at radius 2 is 2.03 bits per heavy atom. The third kappa shape index (κ3) is 6.22. The van der Waals surface area contributed by atoms with E-state index in [9.17, 15) is 9.50 Å². The van der Waals surface area contributed by atoms with Crippen LogP contribution in [0.4, 0.5) is 10.1 Å². The number of aryl methyl sites for hydroxylation is 1. The van der Waals surface area contributed by atoms with Crippen LogP contribution in [0.25, 0.3) is 5.57 Å². The van der Waals surface area contributed by atoms with Crippen molar-refractivity contribution in [1.82, 2.24) is 4.90 Å². The number of likely N-dealkylation sites (tertiary alicyclic amines) is 1. The van der Waals surface area contributed by atoms with Crippen molar-refractivity contribution in [2.45, 2.75) is 45.1 Å².